The molecule has 0 aliphatic carbocycles. The second-order valence-corrected chi connectivity index (χ2v) is 3.05. The lowest BCUT2D eigenvalue weighted by Crippen LogP contribution is -2.36. The molecule has 0 atom stereocenters. The summed E-state index contributed by atoms with van der Waals surface area (Å²) in [4.78, 5) is 1.20. The molecule has 84 valence electrons. The standard InChI is InChI=1S/C9H16F3NO/c1-2-3-4-5-13(6-7-14)8-9(10,11)12/h2,14H,1,3-8H2. The average Bonchev–Trinajstić information content (AvgIpc) is 2.02. The van der Waals surface area contributed by atoms with Gasteiger partial charge in [0, 0.05) is 6.54 Å². The minimum atomic E-state index is -4.19. The maximum absolute atomic E-state index is 12.0. The molecular formula is C9H16F3NO. The predicted octanol–water partition coefficient (Wildman–Crippen LogP) is 1.81. The third-order valence-corrected chi connectivity index (χ3v) is 1.70. The van der Waals surface area contributed by atoms with Crippen LogP contribution in [0.25, 0.3) is 0 Å². The Balaban J connectivity index is 3.82. The Morgan fingerprint density at radius 2 is 1.93 bits per heavy atom. The Kier molecular flexibility index (Phi) is 6.57. The summed E-state index contributed by atoms with van der Waals surface area (Å²) in [7, 11) is 0. The maximum atomic E-state index is 12.0. The second kappa shape index (κ2) is 6.84. The smallest absolute Gasteiger partial charge is 0.395 e. The molecule has 0 aromatic carbocycles. The molecule has 0 unspecified atom stereocenters. The van der Waals surface area contributed by atoms with Gasteiger partial charge in [-0.05, 0) is 19.4 Å². The molecule has 0 aliphatic heterocycles. The molecule has 0 radical (unpaired) electrons. The van der Waals surface area contributed by atoms with E-state index in [1.165, 1.54) is 4.90 Å². The van der Waals surface area contributed by atoms with E-state index >= 15 is 0 Å². The Bertz CT molecular complexity index is 159. The minimum Gasteiger partial charge on any atom is -0.395 e. The number of halogens is 3. The van der Waals surface area contributed by atoms with Crippen molar-refractivity contribution in [1.82, 2.24) is 4.90 Å². The number of hydrogen-bond acceptors (Lipinski definition) is 2. The molecule has 1 N–H and O–H groups in total. The number of hydrogen-bond donors (Lipinski definition) is 1. The van der Waals surface area contributed by atoms with Gasteiger partial charge < -0.3 is 5.11 Å². The molecule has 0 heterocycles. The molecule has 0 fully saturated rings. The van der Waals surface area contributed by atoms with Gasteiger partial charge in [0.05, 0.1) is 13.2 Å². The molecule has 2 nitrogen and oxygen atoms in total. The van der Waals surface area contributed by atoms with Crippen LogP contribution < -0.4 is 0 Å². The van der Waals surface area contributed by atoms with Crippen molar-refractivity contribution in [2.24, 2.45) is 0 Å². The van der Waals surface area contributed by atoms with Gasteiger partial charge in [0.2, 0.25) is 0 Å². The molecule has 0 amide bonds. The van der Waals surface area contributed by atoms with Crippen molar-refractivity contribution in [3.63, 3.8) is 0 Å². The summed E-state index contributed by atoms with van der Waals surface area (Å²) in [5.74, 6) is 0. The van der Waals surface area contributed by atoms with Crippen LogP contribution in [0.5, 0.6) is 0 Å². The van der Waals surface area contributed by atoms with Crippen LogP contribution in [0.4, 0.5) is 13.2 Å². The number of nitrogens with zero attached hydrogens (tertiary/aromatic N) is 1. The van der Waals surface area contributed by atoms with Crippen LogP contribution in [0.15, 0.2) is 12.7 Å². The molecule has 5 heteroatoms. The highest BCUT2D eigenvalue weighted by atomic mass is 19.4. The summed E-state index contributed by atoms with van der Waals surface area (Å²) in [6.07, 6.45) is -1.19. The van der Waals surface area contributed by atoms with Crippen molar-refractivity contribution < 1.29 is 18.3 Å². The molecule has 14 heavy (non-hydrogen) atoms. The maximum Gasteiger partial charge on any atom is 0.401 e. The lowest BCUT2D eigenvalue weighted by atomic mass is 10.3. The van der Waals surface area contributed by atoms with Crippen molar-refractivity contribution >= 4 is 0 Å². The molecule has 0 saturated heterocycles. The molecule has 0 saturated carbocycles. The monoisotopic (exact) mass is 211 g/mol. The van der Waals surface area contributed by atoms with Gasteiger partial charge in [-0.1, -0.05) is 6.08 Å². The van der Waals surface area contributed by atoms with Gasteiger partial charge in [-0.2, -0.15) is 13.2 Å². The zero-order valence-electron chi connectivity index (χ0n) is 8.06. The molecule has 0 aliphatic rings. The fraction of sp³-hybridized carbons (Fsp3) is 0.778. The first kappa shape index (κ1) is 13.4. The van der Waals surface area contributed by atoms with Gasteiger partial charge >= 0.3 is 6.18 Å². The summed E-state index contributed by atoms with van der Waals surface area (Å²) in [6.45, 7) is 2.69. The first-order valence-corrected chi connectivity index (χ1v) is 4.50. The highest BCUT2D eigenvalue weighted by Gasteiger charge is 2.29. The van der Waals surface area contributed by atoms with Crippen LogP contribution in [0.3, 0.4) is 0 Å². The Morgan fingerprint density at radius 3 is 2.36 bits per heavy atom. The van der Waals surface area contributed by atoms with E-state index < -0.39 is 12.7 Å². The number of alkyl halides is 3. The fourth-order valence-corrected chi connectivity index (χ4v) is 1.12. The quantitative estimate of drug-likeness (QED) is 0.513. The lowest BCUT2D eigenvalue weighted by Gasteiger charge is -2.22. The lowest BCUT2D eigenvalue weighted by molar-refractivity contribution is -0.146. The summed E-state index contributed by atoms with van der Waals surface area (Å²) < 4.78 is 36.0. The number of unbranched alkanes of at least 4 members (excludes halogenated alkanes) is 1. The third kappa shape index (κ3) is 8.07. The van der Waals surface area contributed by atoms with Crippen LogP contribution in [-0.4, -0.2) is 42.4 Å². The van der Waals surface area contributed by atoms with Crippen molar-refractivity contribution in [3.8, 4) is 0 Å². The average molecular weight is 211 g/mol. The minimum absolute atomic E-state index is 0.0661. The Morgan fingerprint density at radius 1 is 1.29 bits per heavy atom. The van der Waals surface area contributed by atoms with Gasteiger partial charge in [0.25, 0.3) is 0 Å². The van der Waals surface area contributed by atoms with Crippen LogP contribution in [-0.2, 0) is 0 Å². The van der Waals surface area contributed by atoms with E-state index in [0.717, 1.165) is 0 Å². The van der Waals surface area contributed by atoms with Crippen molar-refractivity contribution in [2.75, 3.05) is 26.2 Å². The normalized spacial score (nSPS) is 12.1. The Labute approximate surface area is 82.0 Å². The van der Waals surface area contributed by atoms with Gasteiger partial charge in [0.15, 0.2) is 0 Å². The summed E-state index contributed by atoms with van der Waals surface area (Å²) >= 11 is 0. The molecular weight excluding hydrogens is 195 g/mol. The van der Waals surface area contributed by atoms with Crippen molar-refractivity contribution in [3.05, 3.63) is 12.7 Å². The van der Waals surface area contributed by atoms with Gasteiger partial charge in [-0.3, -0.25) is 4.90 Å². The molecule has 0 aromatic rings. The SMILES string of the molecule is C=CCCCN(CCO)CC(F)(F)F. The van der Waals surface area contributed by atoms with Gasteiger partial charge in [-0.25, -0.2) is 0 Å². The molecule has 0 aromatic heterocycles. The van der Waals surface area contributed by atoms with E-state index in [-0.39, 0.29) is 13.2 Å². The first-order chi connectivity index (χ1) is 6.49. The molecule has 0 rings (SSSR count). The highest BCUT2D eigenvalue weighted by molar-refractivity contribution is 4.69. The van der Waals surface area contributed by atoms with Crippen molar-refractivity contribution in [2.45, 2.75) is 19.0 Å². The molecule has 0 spiro atoms. The topological polar surface area (TPSA) is 23.5 Å². The van der Waals surface area contributed by atoms with E-state index in [0.29, 0.717) is 19.4 Å². The Hall–Kier alpha value is -0.550. The second-order valence-electron chi connectivity index (χ2n) is 3.05. The first-order valence-electron chi connectivity index (χ1n) is 4.50. The summed E-state index contributed by atoms with van der Waals surface area (Å²) in [5.41, 5.74) is 0. The van der Waals surface area contributed by atoms with E-state index in [1.807, 2.05) is 0 Å². The number of aliphatic hydroxyl groups excluding tert-OH is 1. The van der Waals surface area contributed by atoms with Crippen LogP contribution in [0.2, 0.25) is 0 Å². The largest absolute Gasteiger partial charge is 0.401 e. The van der Waals surface area contributed by atoms with E-state index in [2.05, 4.69) is 6.58 Å². The van der Waals surface area contributed by atoms with Crippen LogP contribution in [0, 0.1) is 0 Å². The van der Waals surface area contributed by atoms with Gasteiger partial charge in [0.1, 0.15) is 0 Å². The number of aliphatic hydroxyl groups is 1. The van der Waals surface area contributed by atoms with Crippen LogP contribution >= 0.6 is 0 Å². The summed E-state index contributed by atoms with van der Waals surface area (Å²) in [6, 6.07) is 0. The molecule has 0 bridgehead atoms. The van der Waals surface area contributed by atoms with E-state index in [1.54, 1.807) is 6.08 Å². The van der Waals surface area contributed by atoms with Gasteiger partial charge in [-0.15, -0.1) is 6.58 Å². The van der Waals surface area contributed by atoms with E-state index in [4.69, 9.17) is 5.11 Å². The zero-order chi connectivity index (χ0) is 11.0. The van der Waals surface area contributed by atoms with Crippen LogP contribution in [0.1, 0.15) is 12.8 Å². The highest BCUT2D eigenvalue weighted by Crippen LogP contribution is 2.16. The summed E-state index contributed by atoms with van der Waals surface area (Å²) in [5, 5.41) is 8.56. The van der Waals surface area contributed by atoms with E-state index in [9.17, 15) is 13.2 Å². The predicted molar refractivity (Wildman–Crippen MR) is 49.0 cm³/mol. The number of rotatable bonds is 7. The van der Waals surface area contributed by atoms with Crippen molar-refractivity contribution in [1.29, 1.82) is 0 Å². The third-order valence-electron chi connectivity index (χ3n) is 1.70. The fourth-order valence-electron chi connectivity index (χ4n) is 1.12. The zero-order valence-corrected chi connectivity index (χ0v) is 8.06. The number of allylic oxidation sites excluding steroid dienone is 1.